The molecule has 0 unspecified atom stereocenters. The van der Waals surface area contributed by atoms with E-state index in [0.29, 0.717) is 0 Å². The third-order valence-electron chi connectivity index (χ3n) is 2.74. The van der Waals surface area contributed by atoms with Crippen molar-refractivity contribution in [2.45, 2.75) is 39.8 Å². The van der Waals surface area contributed by atoms with E-state index in [-0.39, 0.29) is 6.61 Å². The van der Waals surface area contributed by atoms with Crippen molar-refractivity contribution < 1.29 is 45.1 Å². The molecule has 1 aromatic carbocycles. The van der Waals surface area contributed by atoms with E-state index in [9.17, 15) is 31.3 Å². The Labute approximate surface area is 146 Å². The minimum absolute atomic E-state index is 0.328. The van der Waals surface area contributed by atoms with Crippen molar-refractivity contribution in [1.82, 2.24) is 5.09 Å². The fourth-order valence-electron chi connectivity index (χ4n) is 1.67. The van der Waals surface area contributed by atoms with E-state index in [1.54, 1.807) is 0 Å². The Bertz CT molecular complexity index is 701. The van der Waals surface area contributed by atoms with Gasteiger partial charge in [-0.25, -0.2) is 17.7 Å². The molecule has 0 radical (unpaired) electrons. The number of esters is 1. The number of hydrogen-bond donors (Lipinski definition) is 1. The van der Waals surface area contributed by atoms with Crippen LogP contribution in [0, 0.1) is 29.1 Å². The van der Waals surface area contributed by atoms with Crippen molar-refractivity contribution in [3.05, 3.63) is 29.1 Å². The summed E-state index contributed by atoms with van der Waals surface area (Å²) in [4.78, 5) is 11.7. The minimum atomic E-state index is -4.69. The molecule has 0 aliphatic rings. The van der Waals surface area contributed by atoms with Gasteiger partial charge in [0.1, 0.15) is 6.04 Å². The maximum absolute atomic E-state index is 13.7. The average Bonchev–Trinajstić information content (AvgIpc) is 2.54. The molecule has 0 fully saturated rings. The highest BCUT2D eigenvalue weighted by molar-refractivity contribution is 7.52. The number of carbonyl (C=O) groups is 1. The van der Waals surface area contributed by atoms with Crippen LogP contribution in [0.4, 0.5) is 22.0 Å². The van der Waals surface area contributed by atoms with Crippen molar-refractivity contribution in [2.24, 2.45) is 0 Å². The number of hydrogen-bond acceptors (Lipinski definition) is 5. The monoisotopic (exact) mass is 405 g/mol. The molecule has 0 amide bonds. The zero-order valence-electron chi connectivity index (χ0n) is 14.2. The molecule has 0 aliphatic heterocycles. The number of halogens is 5. The Morgan fingerprint density at radius 2 is 1.46 bits per heavy atom. The van der Waals surface area contributed by atoms with E-state index in [4.69, 9.17) is 9.26 Å². The van der Waals surface area contributed by atoms with Crippen molar-refractivity contribution in [1.29, 1.82) is 0 Å². The van der Waals surface area contributed by atoms with Crippen molar-refractivity contribution >= 4 is 13.7 Å². The second kappa shape index (κ2) is 8.79. The second-order valence-electron chi connectivity index (χ2n) is 5.24. The number of ether oxygens (including phenoxy) is 1. The van der Waals surface area contributed by atoms with Crippen LogP contribution in [-0.4, -0.2) is 24.7 Å². The van der Waals surface area contributed by atoms with E-state index in [2.05, 4.69) is 4.52 Å². The minimum Gasteiger partial charge on any atom is -0.462 e. The predicted octanol–water partition coefficient (Wildman–Crippen LogP) is 3.84. The zero-order valence-corrected chi connectivity index (χ0v) is 15.1. The van der Waals surface area contributed by atoms with Crippen molar-refractivity contribution in [3.63, 3.8) is 0 Å². The molecule has 148 valence electrons. The molecule has 2 atom stereocenters. The normalized spacial score (nSPS) is 14.8. The molecular formula is C14H17F5NO5P. The van der Waals surface area contributed by atoms with Gasteiger partial charge in [-0.1, -0.05) is 0 Å². The molecule has 0 saturated carbocycles. The number of carbonyl (C=O) groups excluding carboxylic acids is 1. The Morgan fingerprint density at radius 1 is 1.00 bits per heavy atom. The molecule has 0 bridgehead atoms. The molecule has 26 heavy (non-hydrogen) atoms. The standard InChI is InChI=1S/C14H17F5NO5P/c1-5-23-26(22,20-7(4)14(21)24-6(2)3)25-13-11(18)9(16)8(15)10(17)12(13)19/h6-7H,5H2,1-4H3,(H,20,22)/t7-,26+/m0/s1. The molecule has 0 heterocycles. The fourth-order valence-corrected chi connectivity index (χ4v) is 3.17. The highest BCUT2D eigenvalue weighted by atomic mass is 31.2. The molecule has 1 aromatic rings. The maximum atomic E-state index is 13.7. The van der Waals surface area contributed by atoms with Crippen LogP contribution in [0.2, 0.25) is 0 Å². The Hall–Kier alpha value is -1.71. The third-order valence-corrected chi connectivity index (χ3v) is 4.46. The van der Waals surface area contributed by atoms with Crippen LogP contribution in [0.1, 0.15) is 27.7 Å². The lowest BCUT2D eigenvalue weighted by Crippen LogP contribution is -2.36. The molecule has 1 rings (SSSR count). The van der Waals surface area contributed by atoms with Crippen LogP contribution < -0.4 is 9.61 Å². The highest BCUT2D eigenvalue weighted by Crippen LogP contribution is 2.47. The summed E-state index contributed by atoms with van der Waals surface area (Å²) in [6.45, 7) is 5.26. The van der Waals surface area contributed by atoms with Gasteiger partial charge in [-0.3, -0.25) is 9.32 Å². The van der Waals surface area contributed by atoms with Gasteiger partial charge < -0.3 is 9.26 Å². The van der Waals surface area contributed by atoms with Crippen LogP contribution >= 0.6 is 7.75 Å². The summed E-state index contributed by atoms with van der Waals surface area (Å²) >= 11 is 0. The Kier molecular flexibility index (Phi) is 7.55. The fraction of sp³-hybridized carbons (Fsp3) is 0.500. The van der Waals surface area contributed by atoms with Gasteiger partial charge in [0.2, 0.25) is 34.8 Å². The summed E-state index contributed by atoms with van der Waals surface area (Å²) in [5, 5.41) is 2.02. The molecule has 0 saturated heterocycles. The van der Waals surface area contributed by atoms with Gasteiger partial charge in [-0.15, -0.1) is 0 Å². The van der Waals surface area contributed by atoms with E-state index >= 15 is 0 Å². The SMILES string of the molecule is CCO[P@](=O)(N[C@@H](C)C(=O)OC(C)C)Oc1c(F)c(F)c(F)c(F)c1F. The van der Waals surface area contributed by atoms with Gasteiger partial charge in [0.25, 0.3) is 0 Å². The molecule has 1 N–H and O–H groups in total. The van der Waals surface area contributed by atoms with Crippen molar-refractivity contribution in [3.8, 4) is 5.75 Å². The van der Waals surface area contributed by atoms with Crippen LogP contribution in [0.25, 0.3) is 0 Å². The van der Waals surface area contributed by atoms with Crippen LogP contribution in [0.15, 0.2) is 0 Å². The van der Waals surface area contributed by atoms with Crippen molar-refractivity contribution in [2.75, 3.05) is 6.61 Å². The van der Waals surface area contributed by atoms with E-state index in [0.717, 1.165) is 0 Å². The van der Waals surface area contributed by atoms with Gasteiger partial charge in [0, 0.05) is 0 Å². The first-order chi connectivity index (χ1) is 11.9. The van der Waals surface area contributed by atoms with E-state index in [1.165, 1.54) is 27.7 Å². The van der Waals surface area contributed by atoms with Gasteiger partial charge in [0.05, 0.1) is 12.7 Å². The van der Waals surface area contributed by atoms with E-state index in [1.807, 2.05) is 5.09 Å². The quantitative estimate of drug-likeness (QED) is 0.233. The number of nitrogens with one attached hydrogen (secondary N) is 1. The maximum Gasteiger partial charge on any atom is 0.459 e. The van der Waals surface area contributed by atoms with Crippen LogP contribution in [0.5, 0.6) is 5.75 Å². The lowest BCUT2D eigenvalue weighted by atomic mass is 10.3. The molecule has 6 nitrogen and oxygen atoms in total. The first-order valence-electron chi connectivity index (χ1n) is 7.37. The summed E-state index contributed by atoms with van der Waals surface area (Å²) in [5.74, 6) is -14.3. The van der Waals surface area contributed by atoms with Gasteiger partial charge in [0.15, 0.2) is 0 Å². The Morgan fingerprint density at radius 3 is 1.88 bits per heavy atom. The summed E-state index contributed by atoms with van der Waals surface area (Å²) in [7, 11) is -4.69. The zero-order chi connectivity index (χ0) is 20.2. The Balaban J connectivity index is 3.19. The van der Waals surface area contributed by atoms with Gasteiger partial charge >= 0.3 is 13.7 Å². The van der Waals surface area contributed by atoms with Crippen LogP contribution in [0.3, 0.4) is 0 Å². The molecule has 0 aromatic heterocycles. The largest absolute Gasteiger partial charge is 0.462 e. The topological polar surface area (TPSA) is 73.9 Å². The average molecular weight is 405 g/mol. The number of rotatable bonds is 8. The summed E-state index contributed by atoms with van der Waals surface area (Å²) < 4.78 is 93.5. The van der Waals surface area contributed by atoms with Gasteiger partial charge in [-0.2, -0.15) is 13.9 Å². The molecule has 12 heteroatoms. The predicted molar refractivity (Wildman–Crippen MR) is 79.9 cm³/mol. The smallest absolute Gasteiger partial charge is 0.459 e. The van der Waals surface area contributed by atoms with Gasteiger partial charge in [-0.05, 0) is 27.7 Å². The lowest BCUT2D eigenvalue weighted by molar-refractivity contribution is -0.149. The highest BCUT2D eigenvalue weighted by Gasteiger charge is 2.36. The first-order valence-corrected chi connectivity index (χ1v) is 8.91. The molecular weight excluding hydrogens is 388 g/mol. The summed E-state index contributed by atoms with van der Waals surface area (Å²) in [6.07, 6.45) is -0.519. The number of benzene rings is 1. The lowest BCUT2D eigenvalue weighted by Gasteiger charge is -2.23. The van der Waals surface area contributed by atoms with E-state index < -0.39 is 60.7 Å². The first kappa shape index (κ1) is 22.3. The molecule has 0 spiro atoms. The summed E-state index contributed by atoms with van der Waals surface area (Å²) in [6, 6.07) is -1.34. The third kappa shape index (κ3) is 5.15. The molecule has 0 aliphatic carbocycles. The van der Waals surface area contributed by atoms with Crippen LogP contribution in [-0.2, 0) is 18.6 Å². The second-order valence-corrected chi connectivity index (χ2v) is 6.94. The summed E-state index contributed by atoms with van der Waals surface area (Å²) in [5.41, 5.74) is 0.